The van der Waals surface area contributed by atoms with Crippen molar-refractivity contribution in [2.75, 3.05) is 19.7 Å². The van der Waals surface area contributed by atoms with E-state index in [4.69, 9.17) is 9.47 Å². The highest BCUT2D eigenvalue weighted by Gasteiger charge is 2.20. The van der Waals surface area contributed by atoms with Crippen LogP contribution < -0.4 is 14.8 Å². The minimum absolute atomic E-state index is 0.248. The third kappa shape index (κ3) is 4.96. The molecule has 1 aromatic carbocycles. The quantitative estimate of drug-likeness (QED) is 0.769. The largest absolute Gasteiger partial charge is 0.490 e. The Kier molecular flexibility index (Phi) is 5.99. The van der Waals surface area contributed by atoms with Gasteiger partial charge in [-0.1, -0.05) is 26.0 Å². The molecule has 1 aromatic rings. The van der Waals surface area contributed by atoms with Crippen molar-refractivity contribution in [3.63, 3.8) is 0 Å². The van der Waals surface area contributed by atoms with Crippen molar-refractivity contribution in [1.29, 1.82) is 0 Å². The third-order valence-electron chi connectivity index (χ3n) is 2.50. The van der Waals surface area contributed by atoms with Crippen molar-refractivity contribution < 1.29 is 9.47 Å². The van der Waals surface area contributed by atoms with E-state index >= 15 is 0 Å². The second-order valence-corrected chi connectivity index (χ2v) is 4.94. The lowest BCUT2D eigenvalue weighted by Crippen LogP contribution is -2.40. The molecule has 0 bridgehead atoms. The number of benzene rings is 1. The highest BCUT2D eigenvalue weighted by molar-refractivity contribution is 5.39. The number of rotatable bonds is 8. The summed E-state index contributed by atoms with van der Waals surface area (Å²) in [6.45, 7) is 10.8. The topological polar surface area (TPSA) is 30.5 Å². The number of ether oxygens (including phenoxy) is 2. The van der Waals surface area contributed by atoms with E-state index in [1.807, 2.05) is 24.3 Å². The summed E-state index contributed by atoms with van der Waals surface area (Å²) in [4.78, 5) is 0. The first-order valence-electron chi connectivity index (χ1n) is 6.70. The van der Waals surface area contributed by atoms with Gasteiger partial charge < -0.3 is 14.8 Å². The molecular formula is C15H25NO2. The van der Waals surface area contributed by atoms with E-state index in [1.165, 1.54) is 0 Å². The molecule has 0 aromatic heterocycles. The number of hydrogen-bond acceptors (Lipinski definition) is 3. The molecule has 0 unspecified atom stereocenters. The van der Waals surface area contributed by atoms with Crippen molar-refractivity contribution in [3.05, 3.63) is 24.3 Å². The Labute approximate surface area is 110 Å². The van der Waals surface area contributed by atoms with Crippen LogP contribution in [0.5, 0.6) is 11.5 Å². The van der Waals surface area contributed by atoms with Gasteiger partial charge in [-0.15, -0.1) is 0 Å². The second-order valence-electron chi connectivity index (χ2n) is 4.94. The lowest BCUT2D eigenvalue weighted by molar-refractivity contribution is 0.103. The standard InChI is InChI=1S/C15H25NO2/c1-5-11-17-13-9-7-8-10-14(13)18-15(3,4)12-16-6-2/h7-10,16H,5-6,11-12H2,1-4H3. The first-order chi connectivity index (χ1) is 8.59. The normalized spacial score (nSPS) is 11.3. The molecule has 3 nitrogen and oxygen atoms in total. The maximum absolute atomic E-state index is 6.04. The molecule has 0 saturated carbocycles. The number of likely N-dealkylation sites (N-methyl/N-ethyl adjacent to an activating group) is 1. The predicted octanol–water partition coefficient (Wildman–Crippen LogP) is 3.24. The summed E-state index contributed by atoms with van der Waals surface area (Å²) in [6.07, 6.45) is 0.995. The van der Waals surface area contributed by atoms with Crippen LogP contribution in [-0.2, 0) is 0 Å². The maximum Gasteiger partial charge on any atom is 0.162 e. The van der Waals surface area contributed by atoms with Crippen LogP contribution in [0.1, 0.15) is 34.1 Å². The summed E-state index contributed by atoms with van der Waals surface area (Å²) in [7, 11) is 0. The first-order valence-corrected chi connectivity index (χ1v) is 6.70. The fourth-order valence-electron chi connectivity index (χ4n) is 1.63. The average Bonchev–Trinajstić information content (AvgIpc) is 2.35. The Morgan fingerprint density at radius 3 is 2.39 bits per heavy atom. The van der Waals surface area contributed by atoms with Gasteiger partial charge in [0.25, 0.3) is 0 Å². The van der Waals surface area contributed by atoms with Crippen LogP contribution in [0.15, 0.2) is 24.3 Å². The molecular weight excluding hydrogens is 226 g/mol. The zero-order valence-corrected chi connectivity index (χ0v) is 12.0. The molecule has 0 amide bonds. The summed E-state index contributed by atoms with van der Waals surface area (Å²) in [5.41, 5.74) is -0.248. The van der Waals surface area contributed by atoms with E-state index < -0.39 is 0 Å². The van der Waals surface area contributed by atoms with Crippen molar-refractivity contribution in [2.24, 2.45) is 0 Å². The third-order valence-corrected chi connectivity index (χ3v) is 2.50. The molecule has 0 aliphatic heterocycles. The molecule has 0 spiro atoms. The smallest absolute Gasteiger partial charge is 0.162 e. The SMILES string of the molecule is CCCOc1ccccc1OC(C)(C)CNCC. The van der Waals surface area contributed by atoms with Gasteiger partial charge in [0, 0.05) is 6.54 Å². The predicted molar refractivity (Wildman–Crippen MR) is 75.5 cm³/mol. The van der Waals surface area contributed by atoms with Gasteiger partial charge in [-0.3, -0.25) is 0 Å². The highest BCUT2D eigenvalue weighted by atomic mass is 16.5. The lowest BCUT2D eigenvalue weighted by Gasteiger charge is -2.27. The summed E-state index contributed by atoms with van der Waals surface area (Å²) >= 11 is 0. The van der Waals surface area contributed by atoms with E-state index in [2.05, 4.69) is 33.0 Å². The van der Waals surface area contributed by atoms with Crippen LogP contribution in [-0.4, -0.2) is 25.3 Å². The van der Waals surface area contributed by atoms with Gasteiger partial charge in [-0.2, -0.15) is 0 Å². The molecule has 0 radical (unpaired) electrons. The van der Waals surface area contributed by atoms with Gasteiger partial charge in [0.05, 0.1) is 6.61 Å². The number of nitrogens with one attached hydrogen (secondary N) is 1. The van der Waals surface area contributed by atoms with Crippen molar-refractivity contribution >= 4 is 0 Å². The van der Waals surface area contributed by atoms with Gasteiger partial charge in [0.15, 0.2) is 11.5 Å². The zero-order valence-electron chi connectivity index (χ0n) is 12.0. The van der Waals surface area contributed by atoms with Gasteiger partial charge >= 0.3 is 0 Å². The summed E-state index contributed by atoms with van der Waals surface area (Å²) in [6, 6.07) is 7.85. The highest BCUT2D eigenvalue weighted by Crippen LogP contribution is 2.29. The molecule has 3 heteroatoms. The summed E-state index contributed by atoms with van der Waals surface area (Å²) in [5, 5.41) is 3.31. The Bertz CT molecular complexity index is 350. The molecule has 0 aliphatic rings. The van der Waals surface area contributed by atoms with Crippen LogP contribution in [0.4, 0.5) is 0 Å². The van der Waals surface area contributed by atoms with Crippen LogP contribution in [0.25, 0.3) is 0 Å². The van der Waals surface area contributed by atoms with Crippen LogP contribution in [0.3, 0.4) is 0 Å². The first kappa shape index (κ1) is 14.8. The van der Waals surface area contributed by atoms with Crippen molar-refractivity contribution in [3.8, 4) is 11.5 Å². The number of para-hydroxylation sites is 2. The average molecular weight is 251 g/mol. The molecule has 1 N–H and O–H groups in total. The minimum atomic E-state index is -0.248. The van der Waals surface area contributed by atoms with Crippen LogP contribution in [0.2, 0.25) is 0 Å². The van der Waals surface area contributed by atoms with Gasteiger partial charge in [-0.05, 0) is 38.9 Å². The molecule has 1 rings (SSSR count). The fourth-order valence-corrected chi connectivity index (χ4v) is 1.63. The molecule has 0 aliphatic carbocycles. The number of hydrogen-bond donors (Lipinski definition) is 1. The van der Waals surface area contributed by atoms with Crippen molar-refractivity contribution in [2.45, 2.75) is 39.7 Å². The lowest BCUT2D eigenvalue weighted by atomic mass is 10.1. The molecule has 102 valence electrons. The minimum Gasteiger partial charge on any atom is -0.490 e. The van der Waals surface area contributed by atoms with Gasteiger partial charge in [0.2, 0.25) is 0 Å². The monoisotopic (exact) mass is 251 g/mol. The van der Waals surface area contributed by atoms with Crippen LogP contribution >= 0.6 is 0 Å². The zero-order chi connectivity index (χ0) is 13.4. The van der Waals surface area contributed by atoms with E-state index in [-0.39, 0.29) is 5.60 Å². The Morgan fingerprint density at radius 1 is 1.11 bits per heavy atom. The van der Waals surface area contributed by atoms with Crippen LogP contribution in [0, 0.1) is 0 Å². The summed E-state index contributed by atoms with van der Waals surface area (Å²) in [5.74, 6) is 1.64. The fraction of sp³-hybridized carbons (Fsp3) is 0.600. The van der Waals surface area contributed by atoms with E-state index in [0.29, 0.717) is 6.61 Å². The molecule has 18 heavy (non-hydrogen) atoms. The van der Waals surface area contributed by atoms with Crippen molar-refractivity contribution in [1.82, 2.24) is 5.32 Å². The Morgan fingerprint density at radius 2 is 1.78 bits per heavy atom. The van der Waals surface area contributed by atoms with Gasteiger partial charge in [0.1, 0.15) is 5.60 Å². The molecule has 0 heterocycles. The second kappa shape index (κ2) is 7.27. The Hall–Kier alpha value is -1.22. The molecule has 0 saturated heterocycles. The van der Waals surface area contributed by atoms with E-state index in [9.17, 15) is 0 Å². The van der Waals surface area contributed by atoms with E-state index in [0.717, 1.165) is 31.0 Å². The van der Waals surface area contributed by atoms with Gasteiger partial charge in [-0.25, -0.2) is 0 Å². The molecule has 0 atom stereocenters. The Balaban J connectivity index is 2.70. The maximum atomic E-state index is 6.04. The van der Waals surface area contributed by atoms with E-state index in [1.54, 1.807) is 0 Å². The summed E-state index contributed by atoms with van der Waals surface area (Å²) < 4.78 is 11.7. The molecule has 0 fully saturated rings.